The SMILES string of the molecule is COC(=O)Cn1cc(NC(=O)c2ccc(F)cc2Cl)cn1. The van der Waals surface area contributed by atoms with Gasteiger partial charge in [-0.05, 0) is 18.2 Å². The molecule has 0 saturated carbocycles. The van der Waals surface area contributed by atoms with Crippen LogP contribution in [-0.4, -0.2) is 28.8 Å². The molecule has 1 N–H and O–H groups in total. The van der Waals surface area contributed by atoms with Crippen LogP contribution in [0.1, 0.15) is 10.4 Å². The quantitative estimate of drug-likeness (QED) is 0.878. The minimum atomic E-state index is -0.526. The second kappa shape index (κ2) is 6.36. The highest BCUT2D eigenvalue weighted by atomic mass is 35.5. The molecule has 0 radical (unpaired) electrons. The van der Waals surface area contributed by atoms with Gasteiger partial charge in [-0.2, -0.15) is 5.10 Å². The van der Waals surface area contributed by atoms with Gasteiger partial charge in [0, 0.05) is 6.20 Å². The summed E-state index contributed by atoms with van der Waals surface area (Å²) < 4.78 is 18.7. The highest BCUT2D eigenvalue weighted by Gasteiger charge is 2.12. The Bertz CT molecular complexity index is 687. The molecule has 0 saturated heterocycles. The molecule has 0 aliphatic heterocycles. The molecule has 6 nitrogen and oxygen atoms in total. The van der Waals surface area contributed by atoms with Crippen LogP contribution in [0.3, 0.4) is 0 Å². The molecular formula is C13H11ClFN3O3. The average molecular weight is 312 g/mol. The molecule has 2 aromatic rings. The number of hydrogen-bond donors (Lipinski definition) is 1. The van der Waals surface area contributed by atoms with Gasteiger partial charge in [0.05, 0.1) is 29.6 Å². The van der Waals surface area contributed by atoms with Gasteiger partial charge in [0.25, 0.3) is 5.91 Å². The summed E-state index contributed by atoms with van der Waals surface area (Å²) in [5, 5.41) is 6.45. The van der Waals surface area contributed by atoms with Crippen molar-refractivity contribution in [3.63, 3.8) is 0 Å². The van der Waals surface area contributed by atoms with Crippen molar-refractivity contribution in [2.24, 2.45) is 0 Å². The van der Waals surface area contributed by atoms with Crippen molar-refractivity contribution in [3.8, 4) is 0 Å². The van der Waals surface area contributed by atoms with Gasteiger partial charge < -0.3 is 10.1 Å². The van der Waals surface area contributed by atoms with Crippen LogP contribution < -0.4 is 5.32 Å². The molecule has 8 heteroatoms. The number of esters is 1. The molecule has 1 aromatic carbocycles. The Morgan fingerprint density at radius 1 is 1.48 bits per heavy atom. The molecule has 2 rings (SSSR count). The molecule has 0 bridgehead atoms. The number of carbonyl (C=O) groups is 2. The van der Waals surface area contributed by atoms with Crippen LogP contribution in [0.5, 0.6) is 0 Å². The van der Waals surface area contributed by atoms with Gasteiger partial charge in [-0.25, -0.2) is 4.39 Å². The summed E-state index contributed by atoms with van der Waals surface area (Å²) >= 11 is 5.80. The highest BCUT2D eigenvalue weighted by molar-refractivity contribution is 6.34. The molecule has 0 aliphatic carbocycles. The summed E-state index contributed by atoms with van der Waals surface area (Å²) in [6.45, 7) is -0.0658. The lowest BCUT2D eigenvalue weighted by Gasteiger charge is -2.04. The zero-order chi connectivity index (χ0) is 15.4. The number of methoxy groups -OCH3 is 1. The van der Waals surface area contributed by atoms with E-state index in [4.69, 9.17) is 11.6 Å². The van der Waals surface area contributed by atoms with Gasteiger partial charge in [-0.3, -0.25) is 14.3 Å². The third-order valence-corrected chi connectivity index (χ3v) is 2.90. The Morgan fingerprint density at radius 3 is 2.90 bits per heavy atom. The fourth-order valence-corrected chi connectivity index (χ4v) is 1.84. The Kier molecular flexibility index (Phi) is 4.54. The molecule has 0 fully saturated rings. The van der Waals surface area contributed by atoms with Crippen molar-refractivity contribution in [2.75, 3.05) is 12.4 Å². The number of aromatic nitrogens is 2. The number of nitrogens with zero attached hydrogens (tertiary/aromatic N) is 2. The molecule has 0 atom stereocenters. The minimum Gasteiger partial charge on any atom is -0.468 e. The third kappa shape index (κ3) is 3.79. The van der Waals surface area contributed by atoms with Crippen molar-refractivity contribution in [2.45, 2.75) is 6.54 Å². The molecule has 0 spiro atoms. The smallest absolute Gasteiger partial charge is 0.327 e. The summed E-state index contributed by atoms with van der Waals surface area (Å²) in [6.07, 6.45) is 2.84. The predicted molar refractivity (Wildman–Crippen MR) is 73.6 cm³/mol. The first-order valence-corrected chi connectivity index (χ1v) is 6.23. The molecule has 110 valence electrons. The highest BCUT2D eigenvalue weighted by Crippen LogP contribution is 2.18. The molecular weight excluding hydrogens is 301 g/mol. The Hall–Kier alpha value is -2.41. The number of hydrogen-bond acceptors (Lipinski definition) is 4. The van der Waals surface area contributed by atoms with Crippen molar-refractivity contribution < 1.29 is 18.7 Å². The lowest BCUT2D eigenvalue weighted by molar-refractivity contribution is -0.141. The fraction of sp³-hybridized carbons (Fsp3) is 0.154. The van der Waals surface area contributed by atoms with E-state index in [9.17, 15) is 14.0 Å². The van der Waals surface area contributed by atoms with Gasteiger partial charge in [0.15, 0.2) is 0 Å². The Labute approximate surface area is 124 Å². The van der Waals surface area contributed by atoms with Crippen molar-refractivity contribution in [3.05, 3.63) is 47.0 Å². The van der Waals surface area contributed by atoms with E-state index in [-0.39, 0.29) is 17.1 Å². The summed E-state index contributed by atoms with van der Waals surface area (Å²) in [5.74, 6) is -1.49. The van der Waals surface area contributed by atoms with Gasteiger partial charge in [0.1, 0.15) is 12.4 Å². The first kappa shape index (κ1) is 15.0. The van der Waals surface area contributed by atoms with E-state index in [0.717, 1.165) is 12.1 Å². The largest absolute Gasteiger partial charge is 0.468 e. The van der Waals surface area contributed by atoms with E-state index < -0.39 is 17.7 Å². The van der Waals surface area contributed by atoms with Crippen LogP contribution in [0.4, 0.5) is 10.1 Å². The maximum absolute atomic E-state index is 12.9. The Balaban J connectivity index is 2.07. The summed E-state index contributed by atoms with van der Waals surface area (Å²) in [6, 6.07) is 3.48. The van der Waals surface area contributed by atoms with E-state index in [0.29, 0.717) is 5.69 Å². The van der Waals surface area contributed by atoms with Crippen molar-refractivity contribution in [1.82, 2.24) is 9.78 Å². The zero-order valence-corrected chi connectivity index (χ0v) is 11.7. The van der Waals surface area contributed by atoms with E-state index >= 15 is 0 Å². The number of benzene rings is 1. The van der Waals surface area contributed by atoms with Crippen LogP contribution in [0.2, 0.25) is 5.02 Å². The van der Waals surface area contributed by atoms with E-state index in [2.05, 4.69) is 15.2 Å². The van der Waals surface area contributed by atoms with Crippen molar-refractivity contribution in [1.29, 1.82) is 0 Å². The van der Waals surface area contributed by atoms with Gasteiger partial charge in [-0.15, -0.1) is 0 Å². The van der Waals surface area contributed by atoms with Crippen LogP contribution in [-0.2, 0) is 16.1 Å². The molecule has 1 amide bonds. The summed E-state index contributed by atoms with van der Waals surface area (Å²) in [7, 11) is 1.27. The van der Waals surface area contributed by atoms with E-state index in [1.165, 1.54) is 30.3 Å². The number of ether oxygens (including phenoxy) is 1. The van der Waals surface area contributed by atoms with Crippen LogP contribution >= 0.6 is 11.6 Å². The fourth-order valence-electron chi connectivity index (χ4n) is 1.58. The monoisotopic (exact) mass is 311 g/mol. The van der Waals surface area contributed by atoms with Crippen molar-refractivity contribution >= 4 is 29.2 Å². The standard InChI is InChI=1S/C13H11ClFN3O3/c1-21-12(19)7-18-6-9(5-16-18)17-13(20)10-3-2-8(15)4-11(10)14/h2-6H,7H2,1H3,(H,17,20). The molecule has 0 aliphatic rings. The van der Waals surface area contributed by atoms with Gasteiger partial charge in [-0.1, -0.05) is 11.6 Å². The number of halogens is 2. The number of carbonyl (C=O) groups excluding carboxylic acids is 2. The lowest BCUT2D eigenvalue weighted by Crippen LogP contribution is -2.13. The zero-order valence-electron chi connectivity index (χ0n) is 11.0. The minimum absolute atomic E-state index is 0.00875. The molecule has 1 aromatic heterocycles. The lowest BCUT2D eigenvalue weighted by atomic mass is 10.2. The molecule has 0 unspecified atom stereocenters. The second-order valence-corrected chi connectivity index (χ2v) is 4.49. The Morgan fingerprint density at radius 2 is 2.24 bits per heavy atom. The summed E-state index contributed by atoms with van der Waals surface area (Å²) in [4.78, 5) is 23.1. The second-order valence-electron chi connectivity index (χ2n) is 4.08. The maximum atomic E-state index is 12.9. The number of nitrogens with one attached hydrogen (secondary N) is 1. The van der Waals surface area contributed by atoms with Crippen LogP contribution in [0, 0.1) is 5.82 Å². The number of anilines is 1. The maximum Gasteiger partial charge on any atom is 0.327 e. The van der Waals surface area contributed by atoms with Gasteiger partial charge >= 0.3 is 5.97 Å². The third-order valence-electron chi connectivity index (χ3n) is 2.59. The van der Waals surface area contributed by atoms with E-state index in [1.54, 1.807) is 0 Å². The normalized spacial score (nSPS) is 10.2. The van der Waals surface area contributed by atoms with Crippen LogP contribution in [0.25, 0.3) is 0 Å². The van der Waals surface area contributed by atoms with Gasteiger partial charge in [0.2, 0.25) is 0 Å². The first-order valence-electron chi connectivity index (χ1n) is 5.85. The topological polar surface area (TPSA) is 73.2 Å². The molecule has 1 heterocycles. The summed E-state index contributed by atoms with van der Waals surface area (Å²) in [5.41, 5.74) is 0.517. The first-order chi connectivity index (χ1) is 9.99. The van der Waals surface area contributed by atoms with Crippen LogP contribution in [0.15, 0.2) is 30.6 Å². The predicted octanol–water partition coefficient (Wildman–Crippen LogP) is 2.10. The number of amides is 1. The van der Waals surface area contributed by atoms with E-state index in [1.807, 2.05) is 0 Å². The average Bonchev–Trinajstić information content (AvgIpc) is 2.85. The number of rotatable bonds is 4. The molecule has 21 heavy (non-hydrogen) atoms.